The van der Waals surface area contributed by atoms with Gasteiger partial charge in [0.1, 0.15) is 6.04 Å². The predicted molar refractivity (Wildman–Crippen MR) is 92.2 cm³/mol. The third kappa shape index (κ3) is 4.06. The number of nitrogens with zero attached hydrogens (tertiary/aromatic N) is 4. The van der Waals surface area contributed by atoms with E-state index in [0.29, 0.717) is 13.1 Å². The van der Waals surface area contributed by atoms with Crippen LogP contribution in [0, 0.1) is 0 Å². The average Bonchev–Trinajstić information content (AvgIpc) is 3.12. The van der Waals surface area contributed by atoms with Gasteiger partial charge >= 0.3 is 5.97 Å². The van der Waals surface area contributed by atoms with Crippen molar-refractivity contribution < 1.29 is 14.7 Å². The second kappa shape index (κ2) is 7.48. The Morgan fingerprint density at radius 3 is 2.40 bits per heavy atom. The van der Waals surface area contributed by atoms with E-state index in [0.717, 1.165) is 19.6 Å². The first kappa shape index (κ1) is 17.2. The van der Waals surface area contributed by atoms with E-state index in [4.69, 9.17) is 5.11 Å². The lowest BCUT2D eigenvalue weighted by molar-refractivity contribution is -0.136. The van der Waals surface area contributed by atoms with Crippen molar-refractivity contribution in [3.63, 3.8) is 0 Å². The molecule has 1 aromatic heterocycles. The number of piperazine rings is 1. The Labute approximate surface area is 146 Å². The molecule has 25 heavy (non-hydrogen) atoms. The number of rotatable bonds is 5. The van der Waals surface area contributed by atoms with Crippen LogP contribution in [0.25, 0.3) is 0 Å². The zero-order chi connectivity index (χ0) is 17.8. The van der Waals surface area contributed by atoms with Gasteiger partial charge < -0.3 is 10.0 Å². The Morgan fingerprint density at radius 1 is 1.12 bits per heavy atom. The molecule has 0 saturated carbocycles. The van der Waals surface area contributed by atoms with E-state index in [1.165, 1.54) is 22.5 Å². The van der Waals surface area contributed by atoms with Crippen LogP contribution in [0.2, 0.25) is 0 Å². The summed E-state index contributed by atoms with van der Waals surface area (Å²) in [5.74, 6) is -1.12. The summed E-state index contributed by atoms with van der Waals surface area (Å²) in [5, 5.41) is 12.9. The minimum Gasteiger partial charge on any atom is -0.476 e. The van der Waals surface area contributed by atoms with Crippen LogP contribution in [0.5, 0.6) is 0 Å². The monoisotopic (exact) mass is 342 g/mol. The van der Waals surface area contributed by atoms with Crippen molar-refractivity contribution in [2.45, 2.75) is 19.5 Å². The maximum atomic E-state index is 12.6. The SMILES string of the molecule is CC(C(=O)N1CCN(Cc2ccccc2)CC1)n1ccc(C(=O)O)n1. The molecule has 2 heterocycles. The molecule has 1 fully saturated rings. The lowest BCUT2D eigenvalue weighted by atomic mass is 10.2. The van der Waals surface area contributed by atoms with Gasteiger partial charge in [-0.05, 0) is 18.6 Å². The van der Waals surface area contributed by atoms with Crippen molar-refractivity contribution in [3.05, 3.63) is 53.9 Å². The summed E-state index contributed by atoms with van der Waals surface area (Å²) in [6.45, 7) is 5.63. The Morgan fingerprint density at radius 2 is 1.80 bits per heavy atom. The first-order valence-electron chi connectivity index (χ1n) is 8.38. The van der Waals surface area contributed by atoms with Crippen molar-refractivity contribution in [3.8, 4) is 0 Å². The normalized spacial score (nSPS) is 16.6. The van der Waals surface area contributed by atoms with Crippen LogP contribution in [0.15, 0.2) is 42.6 Å². The number of benzene rings is 1. The fourth-order valence-corrected chi connectivity index (χ4v) is 3.01. The van der Waals surface area contributed by atoms with Crippen LogP contribution in [0.4, 0.5) is 0 Å². The van der Waals surface area contributed by atoms with E-state index in [9.17, 15) is 9.59 Å². The first-order valence-corrected chi connectivity index (χ1v) is 8.38. The third-order valence-electron chi connectivity index (χ3n) is 4.51. The Balaban J connectivity index is 1.54. The number of hydrogen-bond donors (Lipinski definition) is 1. The van der Waals surface area contributed by atoms with Gasteiger partial charge in [0, 0.05) is 38.9 Å². The maximum absolute atomic E-state index is 12.6. The number of amides is 1. The Hall–Kier alpha value is -2.67. The van der Waals surface area contributed by atoms with Gasteiger partial charge in [-0.15, -0.1) is 0 Å². The van der Waals surface area contributed by atoms with Crippen LogP contribution in [0.1, 0.15) is 29.0 Å². The summed E-state index contributed by atoms with van der Waals surface area (Å²) in [6, 6.07) is 11.2. The molecule has 7 nitrogen and oxygen atoms in total. The maximum Gasteiger partial charge on any atom is 0.356 e. The van der Waals surface area contributed by atoms with Gasteiger partial charge in [-0.25, -0.2) is 4.79 Å². The molecule has 1 N–H and O–H groups in total. The molecular formula is C18H22N4O3. The zero-order valence-corrected chi connectivity index (χ0v) is 14.2. The molecular weight excluding hydrogens is 320 g/mol. The topological polar surface area (TPSA) is 78.7 Å². The fraction of sp³-hybridized carbons (Fsp3) is 0.389. The number of hydrogen-bond acceptors (Lipinski definition) is 4. The molecule has 1 atom stereocenters. The molecule has 132 valence electrons. The van der Waals surface area contributed by atoms with Crippen molar-refractivity contribution >= 4 is 11.9 Å². The van der Waals surface area contributed by atoms with Gasteiger partial charge in [0.05, 0.1) is 0 Å². The van der Waals surface area contributed by atoms with Crippen LogP contribution >= 0.6 is 0 Å². The smallest absolute Gasteiger partial charge is 0.356 e. The van der Waals surface area contributed by atoms with E-state index in [2.05, 4.69) is 22.1 Å². The number of carboxylic acids is 1. The van der Waals surface area contributed by atoms with Crippen LogP contribution in [0.3, 0.4) is 0 Å². The van der Waals surface area contributed by atoms with Gasteiger partial charge in [0.15, 0.2) is 5.69 Å². The summed E-state index contributed by atoms with van der Waals surface area (Å²) in [5.41, 5.74) is 1.22. The highest BCUT2D eigenvalue weighted by Crippen LogP contribution is 2.14. The highest BCUT2D eigenvalue weighted by molar-refractivity contribution is 5.85. The quantitative estimate of drug-likeness (QED) is 0.891. The van der Waals surface area contributed by atoms with Crippen LogP contribution < -0.4 is 0 Å². The summed E-state index contributed by atoms with van der Waals surface area (Å²) in [6.07, 6.45) is 1.54. The molecule has 2 aromatic rings. The second-order valence-electron chi connectivity index (χ2n) is 6.25. The molecule has 1 amide bonds. The lowest BCUT2D eigenvalue weighted by Crippen LogP contribution is -2.49. The molecule has 1 unspecified atom stereocenters. The molecule has 3 rings (SSSR count). The van der Waals surface area contributed by atoms with E-state index in [1.807, 2.05) is 23.1 Å². The summed E-state index contributed by atoms with van der Waals surface area (Å²) < 4.78 is 1.42. The number of aromatic carboxylic acids is 1. The van der Waals surface area contributed by atoms with Crippen LogP contribution in [-0.4, -0.2) is 62.7 Å². The predicted octanol–water partition coefficient (Wildman–Crippen LogP) is 1.49. The lowest BCUT2D eigenvalue weighted by Gasteiger charge is -2.36. The van der Waals surface area contributed by atoms with Gasteiger partial charge in [0.2, 0.25) is 5.91 Å². The molecule has 0 bridgehead atoms. The van der Waals surface area contributed by atoms with Gasteiger partial charge in [0.25, 0.3) is 0 Å². The van der Waals surface area contributed by atoms with Crippen molar-refractivity contribution in [1.29, 1.82) is 0 Å². The van der Waals surface area contributed by atoms with E-state index in [1.54, 1.807) is 6.92 Å². The minimum absolute atomic E-state index is 0.0283. The van der Waals surface area contributed by atoms with E-state index >= 15 is 0 Å². The summed E-state index contributed by atoms with van der Waals surface area (Å²) in [7, 11) is 0. The van der Waals surface area contributed by atoms with Crippen molar-refractivity contribution in [2.24, 2.45) is 0 Å². The standard InChI is InChI=1S/C18H22N4O3/c1-14(22-8-7-16(19-22)18(24)25)17(23)21-11-9-20(10-12-21)13-15-5-3-2-4-6-15/h2-8,14H,9-13H2,1H3,(H,24,25). The minimum atomic E-state index is -1.09. The van der Waals surface area contributed by atoms with Crippen LogP contribution in [-0.2, 0) is 11.3 Å². The number of carbonyl (C=O) groups excluding carboxylic acids is 1. The molecule has 1 aliphatic heterocycles. The van der Waals surface area contributed by atoms with E-state index in [-0.39, 0.29) is 11.6 Å². The summed E-state index contributed by atoms with van der Waals surface area (Å²) in [4.78, 5) is 27.7. The fourth-order valence-electron chi connectivity index (χ4n) is 3.01. The van der Waals surface area contributed by atoms with Gasteiger partial charge in [-0.3, -0.25) is 14.4 Å². The second-order valence-corrected chi connectivity index (χ2v) is 6.25. The molecule has 7 heteroatoms. The Kier molecular flexibility index (Phi) is 5.14. The number of aromatic nitrogens is 2. The Bertz CT molecular complexity index is 736. The third-order valence-corrected chi connectivity index (χ3v) is 4.51. The highest BCUT2D eigenvalue weighted by Gasteiger charge is 2.26. The molecule has 0 radical (unpaired) electrons. The number of carbonyl (C=O) groups is 2. The molecule has 1 saturated heterocycles. The molecule has 0 spiro atoms. The van der Waals surface area contributed by atoms with Crippen molar-refractivity contribution in [2.75, 3.05) is 26.2 Å². The highest BCUT2D eigenvalue weighted by atomic mass is 16.4. The average molecular weight is 342 g/mol. The summed E-state index contributed by atoms with van der Waals surface area (Å²) >= 11 is 0. The van der Waals surface area contributed by atoms with Gasteiger partial charge in [-0.2, -0.15) is 5.10 Å². The zero-order valence-electron chi connectivity index (χ0n) is 14.2. The largest absolute Gasteiger partial charge is 0.476 e. The number of carboxylic acid groups (broad SMARTS) is 1. The first-order chi connectivity index (χ1) is 12.0. The molecule has 0 aliphatic carbocycles. The van der Waals surface area contributed by atoms with E-state index < -0.39 is 12.0 Å². The molecule has 1 aromatic carbocycles. The van der Waals surface area contributed by atoms with Gasteiger partial charge in [-0.1, -0.05) is 30.3 Å². The molecule has 1 aliphatic rings. The van der Waals surface area contributed by atoms with Crippen molar-refractivity contribution in [1.82, 2.24) is 19.6 Å².